The topological polar surface area (TPSA) is 76.4 Å². The second kappa shape index (κ2) is 4.99. The summed E-state index contributed by atoms with van der Waals surface area (Å²) >= 11 is 0. The molecule has 0 fully saturated rings. The fraction of sp³-hybridized carbons (Fsp3) is 0.154. The molecule has 0 radical (unpaired) electrons. The van der Waals surface area contributed by atoms with Crippen LogP contribution in [-0.4, -0.2) is 15.0 Å². The normalized spacial score (nSPS) is 11.6. The van der Waals surface area contributed by atoms with Gasteiger partial charge in [0.15, 0.2) is 0 Å². The summed E-state index contributed by atoms with van der Waals surface area (Å²) in [6, 6.07) is 7.09. The van der Waals surface area contributed by atoms with Crippen LogP contribution in [0.1, 0.15) is 6.92 Å². The summed E-state index contributed by atoms with van der Waals surface area (Å²) in [6.45, 7) is 5.55. The summed E-state index contributed by atoms with van der Waals surface area (Å²) in [5.74, 6) is 0. The third-order valence-electron chi connectivity index (χ3n) is 2.47. The van der Waals surface area contributed by atoms with Gasteiger partial charge in [0, 0.05) is 18.0 Å². The summed E-state index contributed by atoms with van der Waals surface area (Å²) in [5.41, 5.74) is 0.602. The predicted molar refractivity (Wildman–Crippen MR) is 72.5 cm³/mol. The lowest BCUT2D eigenvalue weighted by Gasteiger charge is -2.07. The molecule has 0 aliphatic carbocycles. The van der Waals surface area contributed by atoms with Crippen molar-refractivity contribution in [1.82, 2.24) is 4.72 Å². The van der Waals surface area contributed by atoms with Crippen LogP contribution in [-0.2, 0) is 10.0 Å². The van der Waals surface area contributed by atoms with Gasteiger partial charge in [-0.3, -0.25) is 0 Å². The van der Waals surface area contributed by atoms with Gasteiger partial charge in [0.05, 0.1) is 4.90 Å². The zero-order valence-electron chi connectivity index (χ0n) is 10.3. The van der Waals surface area contributed by atoms with Crippen LogP contribution in [0.5, 0.6) is 0 Å². The summed E-state index contributed by atoms with van der Waals surface area (Å²) in [5, 5.41) is 0.554. The Morgan fingerprint density at radius 3 is 2.74 bits per heavy atom. The van der Waals surface area contributed by atoms with Gasteiger partial charge in [-0.1, -0.05) is 12.2 Å². The maximum atomic E-state index is 12.0. The predicted octanol–water partition coefficient (Wildman–Crippen LogP) is 1.65. The minimum Gasteiger partial charge on any atom is -0.423 e. The van der Waals surface area contributed by atoms with Gasteiger partial charge in [-0.15, -0.1) is 0 Å². The van der Waals surface area contributed by atoms with Crippen molar-refractivity contribution in [1.29, 1.82) is 0 Å². The minimum absolute atomic E-state index is 0.120. The lowest BCUT2D eigenvalue weighted by Crippen LogP contribution is -2.25. The standard InChI is InChI=1S/C13H13NO4S/c1-9(2)8-14-19(16,17)11-4-5-12-10(7-11)3-6-13(15)18-12/h3-7,14H,1,8H2,2H3. The molecular weight excluding hydrogens is 266 g/mol. The Labute approximate surface area is 110 Å². The molecule has 0 spiro atoms. The Morgan fingerprint density at radius 2 is 2.05 bits per heavy atom. The Bertz CT molecular complexity index is 790. The lowest BCUT2D eigenvalue weighted by molar-refractivity contribution is 0.560. The first kappa shape index (κ1) is 13.5. The molecule has 1 aromatic heterocycles. The van der Waals surface area contributed by atoms with Crippen molar-refractivity contribution < 1.29 is 12.8 Å². The average molecular weight is 279 g/mol. The van der Waals surface area contributed by atoms with Crippen LogP contribution in [0.15, 0.2) is 56.6 Å². The van der Waals surface area contributed by atoms with Crippen molar-refractivity contribution in [3.8, 4) is 0 Å². The van der Waals surface area contributed by atoms with E-state index in [1.54, 1.807) is 6.92 Å². The lowest BCUT2D eigenvalue weighted by atomic mass is 10.2. The Hall–Kier alpha value is -1.92. The number of benzene rings is 1. The highest BCUT2D eigenvalue weighted by Gasteiger charge is 2.14. The van der Waals surface area contributed by atoms with E-state index >= 15 is 0 Å². The van der Waals surface area contributed by atoms with Crippen LogP contribution in [0, 0.1) is 0 Å². The van der Waals surface area contributed by atoms with Gasteiger partial charge in [0.2, 0.25) is 10.0 Å². The molecule has 0 saturated carbocycles. The number of nitrogens with one attached hydrogen (secondary N) is 1. The maximum Gasteiger partial charge on any atom is 0.336 e. The average Bonchev–Trinajstić information content (AvgIpc) is 2.36. The molecule has 2 aromatic rings. The molecule has 0 saturated heterocycles. The molecule has 5 nitrogen and oxygen atoms in total. The summed E-state index contributed by atoms with van der Waals surface area (Å²) in [4.78, 5) is 11.2. The monoisotopic (exact) mass is 279 g/mol. The van der Waals surface area contributed by atoms with Crippen molar-refractivity contribution in [3.63, 3.8) is 0 Å². The molecule has 0 aliphatic heterocycles. The van der Waals surface area contributed by atoms with E-state index in [0.29, 0.717) is 11.0 Å². The fourth-order valence-corrected chi connectivity index (χ4v) is 2.65. The molecule has 0 bridgehead atoms. The zero-order valence-corrected chi connectivity index (χ0v) is 11.2. The van der Waals surface area contributed by atoms with Crippen molar-refractivity contribution in [3.05, 3.63) is 52.9 Å². The number of sulfonamides is 1. The van der Waals surface area contributed by atoms with Crippen molar-refractivity contribution >= 4 is 21.0 Å². The molecule has 100 valence electrons. The largest absolute Gasteiger partial charge is 0.423 e. The van der Waals surface area contributed by atoms with Crippen LogP contribution >= 0.6 is 0 Å². The molecule has 2 rings (SSSR count). The fourth-order valence-electron chi connectivity index (χ4n) is 1.52. The van der Waals surface area contributed by atoms with Crippen LogP contribution in [0.2, 0.25) is 0 Å². The van der Waals surface area contributed by atoms with Gasteiger partial charge in [0.25, 0.3) is 0 Å². The van der Waals surface area contributed by atoms with E-state index in [-0.39, 0.29) is 11.4 Å². The number of fused-ring (bicyclic) bond motifs is 1. The van der Waals surface area contributed by atoms with Gasteiger partial charge in [-0.05, 0) is 31.2 Å². The first-order valence-corrected chi connectivity index (χ1v) is 7.05. The van der Waals surface area contributed by atoms with Gasteiger partial charge in [0.1, 0.15) is 5.58 Å². The molecule has 0 atom stereocenters. The van der Waals surface area contributed by atoms with E-state index in [1.807, 2.05) is 0 Å². The van der Waals surface area contributed by atoms with E-state index in [0.717, 1.165) is 5.57 Å². The third kappa shape index (κ3) is 3.10. The van der Waals surface area contributed by atoms with E-state index < -0.39 is 15.6 Å². The van der Waals surface area contributed by atoms with E-state index in [4.69, 9.17) is 4.42 Å². The van der Waals surface area contributed by atoms with Gasteiger partial charge in [-0.25, -0.2) is 17.9 Å². The highest BCUT2D eigenvalue weighted by Crippen LogP contribution is 2.17. The van der Waals surface area contributed by atoms with Gasteiger partial charge >= 0.3 is 5.63 Å². The maximum absolute atomic E-state index is 12.0. The second-order valence-electron chi connectivity index (χ2n) is 4.24. The zero-order chi connectivity index (χ0) is 14.0. The van der Waals surface area contributed by atoms with Crippen molar-refractivity contribution in [2.75, 3.05) is 6.54 Å². The highest BCUT2D eigenvalue weighted by molar-refractivity contribution is 7.89. The molecule has 6 heteroatoms. The van der Waals surface area contributed by atoms with Crippen LogP contribution in [0.25, 0.3) is 11.0 Å². The molecule has 0 amide bonds. The van der Waals surface area contributed by atoms with E-state index in [2.05, 4.69) is 11.3 Å². The highest BCUT2D eigenvalue weighted by atomic mass is 32.2. The summed E-state index contributed by atoms with van der Waals surface area (Å²) in [7, 11) is -3.59. The summed E-state index contributed by atoms with van der Waals surface area (Å²) in [6.07, 6.45) is 0. The first-order valence-electron chi connectivity index (χ1n) is 5.56. The first-order chi connectivity index (χ1) is 8.88. The molecule has 1 aromatic carbocycles. The van der Waals surface area contributed by atoms with Crippen molar-refractivity contribution in [2.45, 2.75) is 11.8 Å². The number of rotatable bonds is 4. The second-order valence-corrected chi connectivity index (χ2v) is 6.00. The molecule has 1 N–H and O–H groups in total. The van der Waals surface area contributed by atoms with Crippen LogP contribution in [0.4, 0.5) is 0 Å². The Kier molecular flexibility index (Phi) is 3.55. The minimum atomic E-state index is -3.59. The van der Waals surface area contributed by atoms with E-state index in [9.17, 15) is 13.2 Å². The molecule has 1 heterocycles. The van der Waals surface area contributed by atoms with Crippen LogP contribution in [0.3, 0.4) is 0 Å². The number of hydrogen-bond donors (Lipinski definition) is 1. The smallest absolute Gasteiger partial charge is 0.336 e. The number of hydrogen-bond acceptors (Lipinski definition) is 4. The third-order valence-corrected chi connectivity index (χ3v) is 3.86. The van der Waals surface area contributed by atoms with Crippen molar-refractivity contribution in [2.24, 2.45) is 0 Å². The Balaban J connectivity index is 2.43. The summed E-state index contributed by atoms with van der Waals surface area (Å²) < 4.78 is 31.4. The van der Waals surface area contributed by atoms with Gasteiger partial charge < -0.3 is 4.42 Å². The van der Waals surface area contributed by atoms with Crippen LogP contribution < -0.4 is 10.3 Å². The molecule has 19 heavy (non-hydrogen) atoms. The van der Waals surface area contributed by atoms with Gasteiger partial charge in [-0.2, -0.15) is 0 Å². The molecular formula is C13H13NO4S. The Morgan fingerprint density at radius 1 is 1.32 bits per heavy atom. The SMILES string of the molecule is C=C(C)CNS(=O)(=O)c1ccc2oc(=O)ccc2c1. The molecule has 0 aliphatic rings. The van der Waals surface area contributed by atoms with E-state index in [1.165, 1.54) is 30.3 Å². The molecule has 0 unspecified atom stereocenters. The quantitative estimate of drug-likeness (QED) is 0.682.